The monoisotopic (exact) mass is 424 g/mol. The van der Waals surface area contributed by atoms with Crippen LogP contribution in [0.5, 0.6) is 0 Å². The number of likely N-dealkylation sites (tertiary alicyclic amines) is 1. The van der Waals surface area contributed by atoms with E-state index in [1.54, 1.807) is 11.8 Å². The fourth-order valence-electron chi connectivity index (χ4n) is 3.55. The normalized spacial score (nSPS) is 15.8. The Morgan fingerprint density at radius 3 is 2.66 bits per heavy atom. The van der Waals surface area contributed by atoms with Crippen LogP contribution in [0.15, 0.2) is 10.1 Å². The first-order valence-corrected chi connectivity index (χ1v) is 11.8. The molecule has 0 bridgehead atoms. The number of guanidine groups is 1. The molecule has 0 radical (unpaired) electrons. The molecule has 2 heterocycles. The highest BCUT2D eigenvalue weighted by molar-refractivity contribution is 7.98. The molecule has 1 fully saturated rings. The Balaban J connectivity index is 1.90. The van der Waals surface area contributed by atoms with Crippen molar-refractivity contribution in [1.82, 2.24) is 25.0 Å². The van der Waals surface area contributed by atoms with Crippen LogP contribution in [0.2, 0.25) is 0 Å². The van der Waals surface area contributed by atoms with Crippen LogP contribution in [0, 0.1) is 11.8 Å². The first kappa shape index (κ1) is 23.5. The maximum absolute atomic E-state index is 11.7. The fraction of sp³-hybridized carbons (Fsp3) is 0.800. The van der Waals surface area contributed by atoms with Crippen molar-refractivity contribution in [2.45, 2.75) is 58.2 Å². The van der Waals surface area contributed by atoms with Gasteiger partial charge in [-0.15, -0.1) is 10.2 Å². The molecule has 1 aromatic rings. The first-order valence-electron chi connectivity index (χ1n) is 10.6. The number of thioether (sulfide) groups is 1. The zero-order valence-corrected chi connectivity index (χ0v) is 19.3. The molecule has 29 heavy (non-hydrogen) atoms. The van der Waals surface area contributed by atoms with Crippen LogP contribution in [0.3, 0.4) is 0 Å². The number of esters is 1. The van der Waals surface area contributed by atoms with Crippen LogP contribution >= 0.6 is 11.8 Å². The molecule has 0 aromatic carbocycles. The lowest BCUT2D eigenvalue weighted by molar-refractivity contribution is -0.146. The Morgan fingerprint density at radius 1 is 1.34 bits per heavy atom. The molecule has 164 valence electrons. The van der Waals surface area contributed by atoms with Gasteiger partial charge in [-0.3, -0.25) is 9.79 Å². The smallest absolute Gasteiger partial charge is 0.308 e. The van der Waals surface area contributed by atoms with Crippen LogP contribution in [0.1, 0.15) is 45.9 Å². The number of nitrogens with one attached hydrogen (secondary N) is 1. The van der Waals surface area contributed by atoms with E-state index in [-0.39, 0.29) is 11.9 Å². The lowest BCUT2D eigenvalue weighted by Gasteiger charge is -2.33. The predicted molar refractivity (Wildman–Crippen MR) is 117 cm³/mol. The third-order valence-corrected chi connectivity index (χ3v) is 5.67. The van der Waals surface area contributed by atoms with E-state index >= 15 is 0 Å². The number of aromatic nitrogens is 3. The Hall–Kier alpha value is -1.77. The molecule has 0 saturated carbocycles. The number of carbonyl (C=O) groups is 1. The molecule has 2 rings (SSSR count). The summed E-state index contributed by atoms with van der Waals surface area (Å²) in [4.78, 5) is 18.8. The van der Waals surface area contributed by atoms with Gasteiger partial charge >= 0.3 is 5.97 Å². The van der Waals surface area contributed by atoms with Gasteiger partial charge < -0.3 is 19.5 Å². The van der Waals surface area contributed by atoms with Gasteiger partial charge in [0.15, 0.2) is 11.1 Å². The summed E-state index contributed by atoms with van der Waals surface area (Å²) in [6.45, 7) is 10.7. The maximum Gasteiger partial charge on any atom is 0.308 e. The van der Waals surface area contributed by atoms with Crippen LogP contribution in [0.4, 0.5) is 0 Å². The third-order valence-electron chi connectivity index (χ3n) is 5.01. The van der Waals surface area contributed by atoms with Crippen molar-refractivity contribution in [3.8, 4) is 0 Å². The summed E-state index contributed by atoms with van der Waals surface area (Å²) >= 11 is 1.64. The van der Waals surface area contributed by atoms with E-state index in [2.05, 4.69) is 45.8 Å². The van der Waals surface area contributed by atoms with Gasteiger partial charge in [0, 0.05) is 39.1 Å². The number of ether oxygens (including phenoxy) is 1. The third kappa shape index (κ3) is 6.90. The topological polar surface area (TPSA) is 84.6 Å². The van der Waals surface area contributed by atoms with Gasteiger partial charge in [0.05, 0.1) is 13.0 Å². The predicted octanol–water partition coefficient (Wildman–Crippen LogP) is 2.44. The zero-order chi connectivity index (χ0) is 21.2. The molecule has 8 nitrogen and oxygen atoms in total. The largest absolute Gasteiger partial charge is 0.469 e. The van der Waals surface area contributed by atoms with E-state index in [0.29, 0.717) is 5.92 Å². The molecule has 1 saturated heterocycles. The van der Waals surface area contributed by atoms with Crippen molar-refractivity contribution in [2.75, 3.05) is 39.5 Å². The average molecular weight is 425 g/mol. The lowest BCUT2D eigenvalue weighted by Crippen LogP contribution is -2.46. The van der Waals surface area contributed by atoms with E-state index in [1.165, 1.54) is 7.11 Å². The summed E-state index contributed by atoms with van der Waals surface area (Å²) in [5, 5.41) is 13.1. The van der Waals surface area contributed by atoms with E-state index in [0.717, 1.165) is 75.3 Å². The summed E-state index contributed by atoms with van der Waals surface area (Å²) < 4.78 is 7.12. The van der Waals surface area contributed by atoms with Crippen LogP contribution in [-0.4, -0.2) is 71.1 Å². The highest BCUT2D eigenvalue weighted by Crippen LogP contribution is 2.19. The van der Waals surface area contributed by atoms with E-state index in [1.807, 2.05) is 6.26 Å². The number of piperidine rings is 1. The number of methoxy groups -OCH3 is 1. The fourth-order valence-corrected chi connectivity index (χ4v) is 4.07. The van der Waals surface area contributed by atoms with E-state index in [4.69, 9.17) is 9.73 Å². The summed E-state index contributed by atoms with van der Waals surface area (Å²) in [5.74, 6) is 2.45. The minimum absolute atomic E-state index is 0.0112. The molecule has 0 amide bonds. The number of hydrogen-bond donors (Lipinski definition) is 1. The van der Waals surface area contributed by atoms with Crippen molar-refractivity contribution in [1.29, 1.82) is 0 Å². The Bertz CT molecular complexity index is 668. The van der Waals surface area contributed by atoms with E-state index in [9.17, 15) is 4.79 Å². The van der Waals surface area contributed by atoms with Gasteiger partial charge in [-0.25, -0.2) is 0 Å². The van der Waals surface area contributed by atoms with Gasteiger partial charge in [0.1, 0.15) is 5.82 Å². The van der Waals surface area contributed by atoms with Crippen LogP contribution in [0.25, 0.3) is 0 Å². The standard InChI is InChI=1S/C20H36N6O2S/c1-6-21-19(25-12-9-16(10-13-25)18(27)28-4)22-11-7-8-17-23-24-20(29-5)26(17)14-15(2)3/h15-16H,6-14H2,1-5H3,(H,21,22). The summed E-state index contributed by atoms with van der Waals surface area (Å²) in [5.41, 5.74) is 0. The van der Waals surface area contributed by atoms with Gasteiger partial charge in [-0.05, 0) is 38.4 Å². The molecule has 9 heteroatoms. The number of hydrogen-bond acceptors (Lipinski definition) is 6. The molecular formula is C20H36N6O2S. The molecule has 1 N–H and O–H groups in total. The number of rotatable bonds is 9. The highest BCUT2D eigenvalue weighted by Gasteiger charge is 2.26. The van der Waals surface area contributed by atoms with E-state index < -0.39 is 0 Å². The Labute approximate surface area is 178 Å². The van der Waals surface area contributed by atoms with Crippen LogP contribution < -0.4 is 5.32 Å². The minimum Gasteiger partial charge on any atom is -0.469 e. The minimum atomic E-state index is -0.0956. The van der Waals surface area contributed by atoms with Gasteiger partial charge in [0.25, 0.3) is 0 Å². The van der Waals surface area contributed by atoms with Crippen molar-refractivity contribution >= 4 is 23.7 Å². The number of nitrogens with zero attached hydrogens (tertiary/aromatic N) is 5. The zero-order valence-electron chi connectivity index (χ0n) is 18.5. The molecule has 1 aliphatic rings. The lowest BCUT2D eigenvalue weighted by atomic mass is 9.97. The van der Waals surface area contributed by atoms with Crippen molar-refractivity contribution in [2.24, 2.45) is 16.8 Å². The second-order valence-corrected chi connectivity index (χ2v) is 8.50. The summed E-state index contributed by atoms with van der Waals surface area (Å²) in [6.07, 6.45) is 5.46. The summed E-state index contributed by atoms with van der Waals surface area (Å²) in [6, 6.07) is 0. The van der Waals surface area contributed by atoms with Gasteiger partial charge in [-0.1, -0.05) is 25.6 Å². The summed E-state index contributed by atoms with van der Waals surface area (Å²) in [7, 11) is 1.46. The molecule has 0 aliphatic carbocycles. The molecular weight excluding hydrogens is 388 g/mol. The molecule has 0 unspecified atom stereocenters. The number of carbonyl (C=O) groups excluding carboxylic acids is 1. The number of aliphatic imine (C=N–C) groups is 1. The van der Waals surface area contributed by atoms with Crippen molar-refractivity contribution < 1.29 is 9.53 Å². The second kappa shape index (κ2) is 12.0. The maximum atomic E-state index is 11.7. The van der Waals surface area contributed by atoms with Gasteiger partial charge in [-0.2, -0.15) is 0 Å². The second-order valence-electron chi connectivity index (χ2n) is 7.73. The molecule has 0 atom stereocenters. The first-order chi connectivity index (χ1) is 14.0. The quantitative estimate of drug-likeness (QED) is 0.214. The Kier molecular flexibility index (Phi) is 9.76. The average Bonchev–Trinajstić information content (AvgIpc) is 3.10. The van der Waals surface area contributed by atoms with Crippen molar-refractivity contribution in [3.05, 3.63) is 5.82 Å². The molecule has 1 aliphatic heterocycles. The Morgan fingerprint density at radius 2 is 2.07 bits per heavy atom. The molecule has 0 spiro atoms. The highest BCUT2D eigenvalue weighted by atomic mass is 32.2. The SMILES string of the molecule is CCNC(=NCCCc1nnc(SC)n1CC(C)C)N1CCC(C(=O)OC)CC1. The molecule has 1 aromatic heterocycles. The number of aryl methyl sites for hydroxylation is 1. The van der Waals surface area contributed by atoms with Gasteiger partial charge in [0.2, 0.25) is 0 Å². The van der Waals surface area contributed by atoms with Crippen LogP contribution in [-0.2, 0) is 22.5 Å². The van der Waals surface area contributed by atoms with Crippen molar-refractivity contribution in [3.63, 3.8) is 0 Å².